The van der Waals surface area contributed by atoms with Crippen LogP contribution < -0.4 is 10.6 Å². The van der Waals surface area contributed by atoms with Crippen LogP contribution in [0.5, 0.6) is 5.75 Å². The molecule has 6 nitrogen and oxygen atoms in total. The lowest BCUT2D eigenvalue weighted by molar-refractivity contribution is 0.0977. The van der Waals surface area contributed by atoms with Gasteiger partial charge in [0.05, 0.1) is 17.2 Å². The summed E-state index contributed by atoms with van der Waals surface area (Å²) in [5.74, 6) is -0.790. The van der Waals surface area contributed by atoms with E-state index in [1.54, 1.807) is 30.3 Å². The third kappa shape index (κ3) is 6.67. The van der Waals surface area contributed by atoms with Crippen molar-refractivity contribution in [1.82, 2.24) is 5.32 Å². The SMILES string of the molecule is CCCCCCCCCCC(O)CNCCNc1ccc(O)c2c1C(=O)c1ccccc1C2=O. The molecule has 3 rings (SSSR count). The zero-order valence-electron chi connectivity index (χ0n) is 20.2. The lowest BCUT2D eigenvalue weighted by Gasteiger charge is -2.21. The minimum atomic E-state index is -0.364. The van der Waals surface area contributed by atoms with Crippen LogP contribution in [0.2, 0.25) is 0 Å². The van der Waals surface area contributed by atoms with Crippen molar-refractivity contribution in [2.24, 2.45) is 0 Å². The molecule has 2 aromatic rings. The number of anilines is 1. The van der Waals surface area contributed by atoms with Gasteiger partial charge in [-0.25, -0.2) is 0 Å². The van der Waals surface area contributed by atoms with Gasteiger partial charge < -0.3 is 20.8 Å². The summed E-state index contributed by atoms with van der Waals surface area (Å²) in [7, 11) is 0. The minimum absolute atomic E-state index is 0.0578. The van der Waals surface area contributed by atoms with Crippen molar-refractivity contribution in [3.05, 3.63) is 58.7 Å². The number of nitrogens with one attached hydrogen (secondary N) is 2. The summed E-state index contributed by atoms with van der Waals surface area (Å²) in [6.07, 6.45) is 10.5. The standard InChI is InChI=1S/C28H38N2O4/c1-2-3-4-5-6-7-8-9-12-20(31)19-29-17-18-30-23-15-16-24(32)26-25(23)27(33)21-13-10-11-14-22(21)28(26)34/h10-11,13-16,20,29-32H,2-9,12,17-19H2,1H3. The summed E-state index contributed by atoms with van der Waals surface area (Å²) in [4.78, 5) is 25.9. The van der Waals surface area contributed by atoms with Crippen LogP contribution in [0.4, 0.5) is 5.69 Å². The van der Waals surface area contributed by atoms with Crippen LogP contribution in [0.3, 0.4) is 0 Å². The molecule has 0 amide bonds. The maximum atomic E-state index is 13.1. The Morgan fingerprint density at radius 2 is 1.41 bits per heavy atom. The van der Waals surface area contributed by atoms with Gasteiger partial charge in [-0.2, -0.15) is 0 Å². The number of ketones is 2. The maximum Gasteiger partial charge on any atom is 0.198 e. The van der Waals surface area contributed by atoms with Crippen LogP contribution in [-0.2, 0) is 0 Å². The quantitative estimate of drug-likeness (QED) is 0.185. The van der Waals surface area contributed by atoms with E-state index < -0.39 is 0 Å². The Kier molecular flexibility index (Phi) is 10.1. The van der Waals surface area contributed by atoms with Gasteiger partial charge in [0.15, 0.2) is 11.6 Å². The molecule has 0 saturated carbocycles. The topological polar surface area (TPSA) is 98.7 Å². The molecule has 6 heteroatoms. The highest BCUT2D eigenvalue weighted by molar-refractivity contribution is 6.31. The molecule has 4 N–H and O–H groups in total. The number of hydrogen-bond acceptors (Lipinski definition) is 6. The summed E-state index contributed by atoms with van der Waals surface area (Å²) >= 11 is 0. The second kappa shape index (κ2) is 13.3. The van der Waals surface area contributed by atoms with E-state index in [1.807, 2.05) is 0 Å². The lowest BCUT2D eigenvalue weighted by Crippen LogP contribution is -2.31. The van der Waals surface area contributed by atoms with Crippen molar-refractivity contribution < 1.29 is 19.8 Å². The smallest absolute Gasteiger partial charge is 0.198 e. The number of rotatable bonds is 15. The first-order valence-electron chi connectivity index (χ1n) is 12.7. The molecule has 184 valence electrons. The van der Waals surface area contributed by atoms with Gasteiger partial charge in [-0.3, -0.25) is 9.59 Å². The summed E-state index contributed by atoms with van der Waals surface area (Å²) in [6.45, 7) is 3.87. The lowest BCUT2D eigenvalue weighted by atomic mass is 9.82. The van der Waals surface area contributed by atoms with Gasteiger partial charge in [-0.15, -0.1) is 0 Å². The Bertz CT molecular complexity index is 973. The van der Waals surface area contributed by atoms with Crippen LogP contribution in [0.15, 0.2) is 36.4 Å². The number of unbranched alkanes of at least 4 members (excludes halogenated alkanes) is 7. The summed E-state index contributed by atoms with van der Waals surface area (Å²) in [6, 6.07) is 9.77. The Morgan fingerprint density at radius 3 is 2.09 bits per heavy atom. The van der Waals surface area contributed by atoms with Crippen molar-refractivity contribution in [3.63, 3.8) is 0 Å². The first-order valence-corrected chi connectivity index (χ1v) is 12.7. The average molecular weight is 467 g/mol. The number of fused-ring (bicyclic) bond motifs is 2. The highest BCUT2D eigenvalue weighted by Gasteiger charge is 2.33. The van der Waals surface area contributed by atoms with Gasteiger partial charge in [0.25, 0.3) is 0 Å². The Morgan fingerprint density at radius 1 is 0.794 bits per heavy atom. The van der Waals surface area contributed by atoms with Crippen molar-refractivity contribution in [2.45, 2.75) is 70.8 Å². The van der Waals surface area contributed by atoms with E-state index in [9.17, 15) is 19.8 Å². The van der Waals surface area contributed by atoms with E-state index in [1.165, 1.54) is 51.0 Å². The largest absolute Gasteiger partial charge is 0.507 e. The molecule has 0 fully saturated rings. The number of phenolic OH excluding ortho intramolecular Hbond substituents is 1. The third-order valence-corrected chi connectivity index (χ3v) is 6.44. The second-order valence-electron chi connectivity index (χ2n) is 9.13. The van der Waals surface area contributed by atoms with Crippen LogP contribution in [-0.4, -0.2) is 47.5 Å². The number of aliphatic hydroxyl groups excluding tert-OH is 1. The molecule has 0 radical (unpaired) electrons. The molecule has 1 unspecified atom stereocenters. The number of aliphatic hydroxyl groups is 1. The maximum absolute atomic E-state index is 13.1. The van der Waals surface area contributed by atoms with Gasteiger partial charge in [0.1, 0.15) is 5.75 Å². The van der Waals surface area contributed by atoms with Gasteiger partial charge in [-0.1, -0.05) is 82.6 Å². The van der Waals surface area contributed by atoms with Gasteiger partial charge >= 0.3 is 0 Å². The second-order valence-corrected chi connectivity index (χ2v) is 9.13. The van der Waals surface area contributed by atoms with Crippen LogP contribution in [0.1, 0.15) is 96.6 Å². The van der Waals surface area contributed by atoms with Crippen molar-refractivity contribution in [3.8, 4) is 5.75 Å². The highest BCUT2D eigenvalue weighted by atomic mass is 16.3. The molecule has 1 atom stereocenters. The fourth-order valence-electron chi connectivity index (χ4n) is 4.52. The predicted octanol–water partition coefficient (Wildman–Crippen LogP) is 5.06. The Balaban J connectivity index is 1.41. The number of aromatic hydroxyl groups is 1. The zero-order valence-corrected chi connectivity index (χ0v) is 20.2. The van der Waals surface area contributed by atoms with E-state index in [4.69, 9.17) is 0 Å². The van der Waals surface area contributed by atoms with Gasteiger partial charge in [-0.05, 0) is 18.6 Å². The summed E-state index contributed by atoms with van der Waals surface area (Å²) < 4.78 is 0. The van der Waals surface area contributed by atoms with Crippen molar-refractivity contribution in [2.75, 3.05) is 25.0 Å². The molecule has 0 heterocycles. The van der Waals surface area contributed by atoms with Crippen LogP contribution >= 0.6 is 0 Å². The third-order valence-electron chi connectivity index (χ3n) is 6.44. The molecular weight excluding hydrogens is 428 g/mol. The van der Waals surface area contributed by atoms with Crippen LogP contribution in [0, 0.1) is 0 Å². The van der Waals surface area contributed by atoms with E-state index >= 15 is 0 Å². The molecule has 34 heavy (non-hydrogen) atoms. The zero-order chi connectivity index (χ0) is 24.3. The van der Waals surface area contributed by atoms with Crippen molar-refractivity contribution >= 4 is 17.3 Å². The molecular formula is C28H38N2O4. The monoisotopic (exact) mass is 466 g/mol. The first kappa shape index (κ1) is 25.9. The van der Waals surface area contributed by atoms with E-state index in [-0.39, 0.29) is 34.5 Å². The van der Waals surface area contributed by atoms with Gasteiger partial charge in [0.2, 0.25) is 0 Å². The first-order chi connectivity index (χ1) is 16.5. The molecule has 2 aromatic carbocycles. The molecule has 1 aliphatic carbocycles. The molecule has 0 aromatic heterocycles. The molecule has 0 bridgehead atoms. The molecule has 0 aliphatic heterocycles. The summed E-state index contributed by atoms with van der Waals surface area (Å²) in [5.41, 5.74) is 1.48. The van der Waals surface area contributed by atoms with Gasteiger partial charge in [0, 0.05) is 36.4 Å². The van der Waals surface area contributed by atoms with E-state index in [0.29, 0.717) is 36.4 Å². The van der Waals surface area contributed by atoms with E-state index in [2.05, 4.69) is 17.6 Å². The minimum Gasteiger partial charge on any atom is -0.507 e. The highest BCUT2D eigenvalue weighted by Crippen LogP contribution is 2.36. The number of phenols is 1. The summed E-state index contributed by atoms with van der Waals surface area (Å²) in [5, 5.41) is 26.9. The molecule has 0 saturated heterocycles. The predicted molar refractivity (Wildman–Crippen MR) is 136 cm³/mol. The molecule has 0 spiro atoms. The van der Waals surface area contributed by atoms with E-state index in [0.717, 1.165) is 12.8 Å². The average Bonchev–Trinajstić information content (AvgIpc) is 2.84. The number of benzene rings is 2. The fourth-order valence-corrected chi connectivity index (χ4v) is 4.52. The Labute approximate surface area is 202 Å². The normalized spacial score (nSPS) is 13.5. The number of carbonyl (C=O) groups excluding carboxylic acids is 2. The van der Waals surface area contributed by atoms with Crippen LogP contribution in [0.25, 0.3) is 0 Å². The Hall–Kier alpha value is -2.70. The number of carbonyl (C=O) groups is 2. The number of hydrogen-bond donors (Lipinski definition) is 4. The van der Waals surface area contributed by atoms with Crippen molar-refractivity contribution in [1.29, 1.82) is 0 Å². The molecule has 1 aliphatic rings. The fraction of sp³-hybridized carbons (Fsp3) is 0.500.